The first-order chi connectivity index (χ1) is 30.7. The smallest absolute Gasteiger partial charge is 0.408 e. The van der Waals surface area contributed by atoms with Crippen molar-refractivity contribution in [3.63, 3.8) is 0 Å². The second-order valence-corrected chi connectivity index (χ2v) is 19.3. The Morgan fingerprint density at radius 2 is 0.923 bits per heavy atom. The van der Waals surface area contributed by atoms with E-state index in [-0.39, 0.29) is 17.5 Å². The van der Waals surface area contributed by atoms with Crippen LogP contribution in [-0.4, -0.2) is 85.0 Å². The Bertz CT molecular complexity index is 2110. The Morgan fingerprint density at radius 1 is 0.569 bits per heavy atom. The van der Waals surface area contributed by atoms with E-state index in [2.05, 4.69) is 60.6 Å². The molecule has 3 fully saturated rings. The number of hydrogen-bond acceptors (Lipinski definition) is 9. The SMILES string of the molecule is COC(=O)N[C@](C(=O)N1CCC[C@H]1C(N)=O)(c1ccc(C2CCC(c3ccc([C@](NC(=O)OC)(C(=O)N4CCC[C@H]4C(N)=O)C(C)C)cc3)N2c2ccc(C(C)(C)C)cc2)cc1)C(C)C. The van der Waals surface area contributed by atoms with Crippen molar-refractivity contribution in [1.29, 1.82) is 0 Å². The zero-order valence-corrected chi connectivity index (χ0v) is 39.3. The molecule has 15 nitrogen and oxygen atoms in total. The summed E-state index contributed by atoms with van der Waals surface area (Å²) < 4.78 is 10.1. The maximum atomic E-state index is 14.7. The Balaban J connectivity index is 1.41. The Morgan fingerprint density at radius 3 is 1.23 bits per heavy atom. The number of anilines is 1. The zero-order chi connectivity index (χ0) is 47.6. The monoisotopic (exact) mass is 894 g/mol. The fourth-order valence-electron chi connectivity index (χ4n) is 10.3. The molecule has 3 aliphatic heterocycles. The maximum absolute atomic E-state index is 14.7. The average molecular weight is 894 g/mol. The molecule has 0 spiro atoms. The summed E-state index contributed by atoms with van der Waals surface area (Å²) >= 11 is 0. The van der Waals surface area contributed by atoms with Gasteiger partial charge in [0.2, 0.25) is 11.8 Å². The molecule has 65 heavy (non-hydrogen) atoms. The van der Waals surface area contributed by atoms with Gasteiger partial charge in [-0.3, -0.25) is 19.2 Å². The topological polar surface area (TPSA) is 207 Å². The summed E-state index contributed by atoms with van der Waals surface area (Å²) in [5.74, 6) is -2.91. The highest BCUT2D eigenvalue weighted by atomic mass is 16.5. The first-order valence-corrected chi connectivity index (χ1v) is 22.8. The molecule has 0 saturated carbocycles. The molecule has 3 aliphatic rings. The molecular formula is C50H67N7O8. The van der Waals surface area contributed by atoms with Gasteiger partial charge in [0, 0.05) is 18.8 Å². The van der Waals surface area contributed by atoms with E-state index in [1.165, 1.54) is 29.6 Å². The van der Waals surface area contributed by atoms with E-state index in [4.69, 9.17) is 20.9 Å². The van der Waals surface area contributed by atoms with Crippen molar-refractivity contribution in [1.82, 2.24) is 20.4 Å². The predicted octanol–water partition coefficient (Wildman–Crippen LogP) is 6.43. The molecule has 3 saturated heterocycles. The zero-order valence-electron chi connectivity index (χ0n) is 39.3. The van der Waals surface area contributed by atoms with Crippen LogP contribution in [0.25, 0.3) is 0 Å². The summed E-state index contributed by atoms with van der Waals surface area (Å²) in [6.45, 7) is 14.6. The highest BCUT2D eigenvalue weighted by Gasteiger charge is 2.52. The van der Waals surface area contributed by atoms with Crippen LogP contribution in [-0.2, 0) is 45.1 Å². The Hall–Kier alpha value is -6.12. The quantitative estimate of drug-likeness (QED) is 0.149. The number of methoxy groups -OCH3 is 2. The number of alkyl carbamates (subject to hydrolysis) is 2. The summed E-state index contributed by atoms with van der Waals surface area (Å²) in [6.07, 6.45) is 2.11. The summed E-state index contributed by atoms with van der Waals surface area (Å²) in [6, 6.07) is 22.3. The minimum Gasteiger partial charge on any atom is -0.453 e. The third-order valence-corrected chi connectivity index (χ3v) is 14.0. The second kappa shape index (κ2) is 19.2. The van der Waals surface area contributed by atoms with E-state index in [1.54, 1.807) is 0 Å². The van der Waals surface area contributed by atoms with Gasteiger partial charge < -0.3 is 46.3 Å². The first-order valence-electron chi connectivity index (χ1n) is 22.8. The summed E-state index contributed by atoms with van der Waals surface area (Å²) in [7, 11) is 2.49. The molecule has 3 aromatic carbocycles. The number of carbonyl (C=O) groups excluding carboxylic acids is 6. The number of nitrogens with two attached hydrogens (primary N) is 2. The van der Waals surface area contributed by atoms with Gasteiger partial charge >= 0.3 is 12.2 Å². The number of hydrogen-bond donors (Lipinski definition) is 4. The Kier molecular flexibility index (Phi) is 14.2. The fraction of sp³-hybridized carbons (Fsp3) is 0.520. The number of primary amides is 2. The van der Waals surface area contributed by atoms with Crippen LogP contribution in [0.1, 0.15) is 127 Å². The molecular weight excluding hydrogens is 827 g/mol. The van der Waals surface area contributed by atoms with Gasteiger partial charge in [-0.2, -0.15) is 0 Å². The molecule has 15 heteroatoms. The fourth-order valence-corrected chi connectivity index (χ4v) is 10.3. The van der Waals surface area contributed by atoms with Crippen LogP contribution in [0, 0.1) is 11.8 Å². The summed E-state index contributed by atoms with van der Waals surface area (Å²) in [5, 5.41) is 5.76. The van der Waals surface area contributed by atoms with Crippen molar-refractivity contribution in [3.05, 3.63) is 101 Å². The minimum atomic E-state index is -1.56. The predicted molar refractivity (Wildman–Crippen MR) is 247 cm³/mol. The van der Waals surface area contributed by atoms with Crippen molar-refractivity contribution in [2.24, 2.45) is 23.3 Å². The molecule has 6 atom stereocenters. The number of rotatable bonds is 13. The van der Waals surface area contributed by atoms with Gasteiger partial charge in [0.15, 0.2) is 0 Å². The largest absolute Gasteiger partial charge is 0.453 e. The van der Waals surface area contributed by atoms with E-state index in [1.807, 2.05) is 76.2 Å². The number of nitrogens with one attached hydrogen (secondary N) is 2. The molecule has 0 aliphatic carbocycles. The molecule has 6 N–H and O–H groups in total. The molecule has 0 radical (unpaired) electrons. The number of ether oxygens (including phenoxy) is 2. The number of amides is 6. The number of nitrogens with zero attached hydrogens (tertiary/aromatic N) is 3. The second-order valence-electron chi connectivity index (χ2n) is 19.3. The first kappa shape index (κ1) is 48.3. The van der Waals surface area contributed by atoms with Crippen molar-refractivity contribution < 1.29 is 38.2 Å². The molecule has 6 rings (SSSR count). The van der Waals surface area contributed by atoms with E-state index < -0.39 is 70.8 Å². The summed E-state index contributed by atoms with van der Waals surface area (Å²) in [5.41, 5.74) is 13.6. The van der Waals surface area contributed by atoms with E-state index >= 15 is 0 Å². The van der Waals surface area contributed by atoms with Gasteiger partial charge in [-0.1, -0.05) is 109 Å². The van der Waals surface area contributed by atoms with Gasteiger partial charge in [0.25, 0.3) is 11.8 Å². The van der Waals surface area contributed by atoms with Gasteiger partial charge in [-0.25, -0.2) is 9.59 Å². The number of likely N-dealkylation sites (tertiary alicyclic amines) is 2. The van der Waals surface area contributed by atoms with Gasteiger partial charge in [-0.15, -0.1) is 0 Å². The third kappa shape index (κ3) is 9.11. The van der Waals surface area contributed by atoms with Crippen LogP contribution in [0.15, 0.2) is 72.8 Å². The third-order valence-electron chi connectivity index (χ3n) is 14.0. The van der Waals surface area contributed by atoms with Crippen molar-refractivity contribution in [3.8, 4) is 0 Å². The molecule has 0 aromatic heterocycles. The van der Waals surface area contributed by atoms with Crippen LogP contribution in [0.2, 0.25) is 0 Å². The average Bonchev–Trinajstić information content (AvgIpc) is 4.08. The standard InChI is InChI=1S/C50H67N7O8/c1-30(2)49(53-46(62)64-8,44(60)55-28-10-12-40(55)42(51)58)35-18-14-32(15-19-35)38-26-27-39(57(38)37-24-22-34(23-25-37)48(5,6)7)33-16-20-36(21-17-33)50(31(3)4,54-47(63)65-9)45(61)56-29-11-13-41(56)43(52)59/h14-25,30-31,38-41H,10-13,26-29H2,1-9H3,(H2,51,58)(H2,52,59)(H,53,62)(H,54,63)/t38?,39?,40-,41-,49-,50-/m0/s1. The van der Waals surface area contributed by atoms with Crippen molar-refractivity contribution in [2.75, 3.05) is 32.2 Å². The Labute approximate surface area is 382 Å². The van der Waals surface area contributed by atoms with Crippen molar-refractivity contribution in [2.45, 2.75) is 128 Å². The van der Waals surface area contributed by atoms with Gasteiger partial charge in [0.05, 0.1) is 26.3 Å². The maximum Gasteiger partial charge on any atom is 0.408 e. The molecule has 3 heterocycles. The van der Waals surface area contributed by atoms with E-state index in [0.29, 0.717) is 49.9 Å². The molecule has 6 amide bonds. The molecule has 3 aromatic rings. The lowest BCUT2D eigenvalue weighted by Crippen LogP contribution is -2.62. The molecule has 2 unspecified atom stereocenters. The lowest BCUT2D eigenvalue weighted by molar-refractivity contribution is -0.145. The lowest BCUT2D eigenvalue weighted by atomic mass is 9.77. The van der Waals surface area contributed by atoms with Gasteiger partial charge in [0.1, 0.15) is 23.2 Å². The van der Waals surface area contributed by atoms with Crippen LogP contribution in [0.4, 0.5) is 15.3 Å². The highest BCUT2D eigenvalue weighted by molar-refractivity contribution is 5.96. The van der Waals surface area contributed by atoms with Crippen LogP contribution >= 0.6 is 0 Å². The summed E-state index contributed by atoms with van der Waals surface area (Å²) in [4.78, 5) is 85.7. The highest BCUT2D eigenvalue weighted by Crippen LogP contribution is 2.48. The number of carbonyl (C=O) groups is 6. The lowest BCUT2D eigenvalue weighted by Gasteiger charge is -2.41. The minimum absolute atomic E-state index is 0.0653. The van der Waals surface area contributed by atoms with Crippen molar-refractivity contribution >= 4 is 41.5 Å². The van der Waals surface area contributed by atoms with Crippen LogP contribution < -0.4 is 27.0 Å². The molecule has 0 bridgehead atoms. The van der Waals surface area contributed by atoms with E-state index in [9.17, 15) is 28.8 Å². The van der Waals surface area contributed by atoms with E-state index in [0.717, 1.165) is 29.7 Å². The van der Waals surface area contributed by atoms with Crippen LogP contribution in [0.5, 0.6) is 0 Å². The number of benzene rings is 3. The van der Waals surface area contributed by atoms with Crippen LogP contribution in [0.3, 0.4) is 0 Å². The molecule has 350 valence electrons. The van der Waals surface area contributed by atoms with Gasteiger partial charge in [-0.05, 0) is 95.7 Å². The normalized spacial score (nSPS) is 21.7.